The van der Waals surface area contributed by atoms with Gasteiger partial charge in [-0.05, 0) is 76.2 Å². The zero-order chi connectivity index (χ0) is 52.1. The zero-order valence-electron chi connectivity index (χ0n) is 43.3. The maximum absolute atomic E-state index is 13.7. The molecule has 11 atom stereocenters. The van der Waals surface area contributed by atoms with Gasteiger partial charge < -0.3 is 53.9 Å². The average Bonchev–Trinajstić information content (AvgIpc) is 3.32. The van der Waals surface area contributed by atoms with Crippen LogP contribution in [-0.2, 0) is 52.7 Å². The normalized spacial score (nSPS) is 31.3. The van der Waals surface area contributed by atoms with Crippen molar-refractivity contribution in [2.75, 3.05) is 77.5 Å². The van der Waals surface area contributed by atoms with Crippen LogP contribution in [0, 0.1) is 0 Å². The first-order chi connectivity index (χ1) is 30.1. The van der Waals surface area contributed by atoms with Crippen molar-refractivity contribution in [2.24, 2.45) is 0 Å². The molecule has 1 fully saturated rings. The topological polar surface area (TPSA) is 223 Å². The Hall–Kier alpha value is -5.83. The number of likely N-dealkylation sites (N-methyl/N-ethyl adjacent to an activating group) is 11. The van der Waals surface area contributed by atoms with E-state index in [9.17, 15) is 52.7 Å². The molecule has 1 aliphatic rings. The van der Waals surface area contributed by atoms with Crippen molar-refractivity contribution in [3.05, 3.63) is 0 Å². The fourth-order valence-electron chi connectivity index (χ4n) is 7.16. The van der Waals surface area contributed by atoms with E-state index in [1.165, 1.54) is 154 Å². The molecule has 4 unspecified atom stereocenters. The highest BCUT2D eigenvalue weighted by molar-refractivity contribution is 5.99. The highest BCUT2D eigenvalue weighted by Gasteiger charge is 2.41. The van der Waals surface area contributed by atoms with Crippen LogP contribution >= 0.6 is 0 Å². The molecule has 0 saturated carbocycles. The summed E-state index contributed by atoms with van der Waals surface area (Å²) < 4.78 is 0. The molecule has 22 heteroatoms. The van der Waals surface area contributed by atoms with Crippen LogP contribution in [0.2, 0.25) is 0 Å². The lowest BCUT2D eigenvalue weighted by Gasteiger charge is -2.38. The number of hydrogen-bond acceptors (Lipinski definition) is 11. The van der Waals surface area contributed by atoms with Crippen LogP contribution in [0.1, 0.15) is 76.2 Å². The van der Waals surface area contributed by atoms with Crippen LogP contribution in [-0.4, -0.2) is 263 Å². The third-order valence-corrected chi connectivity index (χ3v) is 14.1. The molecule has 1 aliphatic heterocycles. The molecule has 0 radical (unpaired) electrons. The second-order valence-electron chi connectivity index (χ2n) is 17.9. The number of nitrogens with zero attached hydrogens (tertiary/aromatic N) is 11. The Bertz CT molecular complexity index is 1330. The molecular weight excluding hydrogens is 859 g/mol. The fraction of sp³-hybridized carbons (Fsp3) is 0.750. The Morgan fingerprint density at radius 2 is 0.212 bits per heavy atom. The Morgan fingerprint density at radius 3 is 0.258 bits per heavy atom. The molecule has 0 bridgehead atoms. The van der Waals surface area contributed by atoms with Gasteiger partial charge in [0.2, 0.25) is 65.0 Å². The SMILES string of the molecule is CC1C(=O)N(C)C(C)C(=O)N(C)[C@H](C)C(=O)N(C)[C@@H](C)C(=O)N(C)[C@H](C)C(=O)N(C)[C@H](C)C(=O)N(C)[C@H](C)C(=O)N(C)[C@@H](C)C(=O)N(C)[C@H](C)C(=O)N(C)C(C)C(=O)N(C)C(C)C(=O)N1C. The summed E-state index contributed by atoms with van der Waals surface area (Å²) in [5, 5.41) is 0. The Labute approximate surface area is 391 Å². The smallest absolute Gasteiger partial charge is 0.245 e. The lowest BCUT2D eigenvalue weighted by atomic mass is 10.1. The summed E-state index contributed by atoms with van der Waals surface area (Å²) in [7, 11) is 15.2. The number of carbonyl (C=O) groups is 11. The van der Waals surface area contributed by atoms with Crippen LogP contribution < -0.4 is 0 Å². The standard InChI is InChI=1S/C44H77N11O11/c1-23-34(56)46(13)25(3)36(58)48(15)27(5)38(60)50(17)29(7)40(62)52(19)31(9)42(64)54(21)33(11)44(66)55(22)32(10)43(65)53(20)30(8)41(63)51(18)28(6)39(61)49(16)26(4)37(59)47(14)24(2)35(57)45(23)12/h23-33H,1-22H3/t23-,24-,25-,26+,27+,28-,29-,30?,31?,32?,33?/m1/s1. The van der Waals surface area contributed by atoms with E-state index in [0.717, 1.165) is 53.9 Å². The van der Waals surface area contributed by atoms with Crippen molar-refractivity contribution in [3.63, 3.8) is 0 Å². The lowest BCUT2D eigenvalue weighted by Crippen LogP contribution is -2.59. The Kier molecular flexibility index (Phi) is 20.3. The first-order valence-electron chi connectivity index (χ1n) is 22.0. The van der Waals surface area contributed by atoms with Gasteiger partial charge in [-0.15, -0.1) is 0 Å². The Morgan fingerprint density at radius 1 is 0.167 bits per heavy atom. The first-order valence-corrected chi connectivity index (χ1v) is 22.0. The summed E-state index contributed by atoms with van der Waals surface area (Å²) in [6.07, 6.45) is 0. The van der Waals surface area contributed by atoms with Crippen molar-refractivity contribution in [1.29, 1.82) is 0 Å². The fourth-order valence-corrected chi connectivity index (χ4v) is 7.16. The van der Waals surface area contributed by atoms with Gasteiger partial charge in [0.05, 0.1) is 0 Å². The van der Waals surface area contributed by atoms with Gasteiger partial charge in [0.15, 0.2) is 0 Å². The van der Waals surface area contributed by atoms with Crippen molar-refractivity contribution in [3.8, 4) is 0 Å². The molecule has 374 valence electrons. The van der Waals surface area contributed by atoms with Crippen LogP contribution in [0.15, 0.2) is 0 Å². The van der Waals surface area contributed by atoms with Gasteiger partial charge in [-0.1, -0.05) is 0 Å². The van der Waals surface area contributed by atoms with E-state index < -0.39 is 131 Å². The molecule has 1 saturated heterocycles. The lowest BCUT2D eigenvalue weighted by molar-refractivity contribution is -0.155. The minimum Gasteiger partial charge on any atom is -0.332 e. The van der Waals surface area contributed by atoms with E-state index in [4.69, 9.17) is 0 Å². The minimum atomic E-state index is -1.12. The molecule has 0 aliphatic carbocycles. The van der Waals surface area contributed by atoms with Gasteiger partial charge in [-0.2, -0.15) is 0 Å². The average molecular weight is 936 g/mol. The van der Waals surface area contributed by atoms with Gasteiger partial charge in [0, 0.05) is 77.5 Å². The highest BCUT2D eigenvalue weighted by atomic mass is 16.2. The van der Waals surface area contributed by atoms with Gasteiger partial charge in [-0.3, -0.25) is 52.7 Å². The van der Waals surface area contributed by atoms with Gasteiger partial charge >= 0.3 is 0 Å². The van der Waals surface area contributed by atoms with E-state index in [1.54, 1.807) is 0 Å². The summed E-state index contributed by atoms with van der Waals surface area (Å²) in [4.78, 5) is 164. The van der Waals surface area contributed by atoms with Crippen LogP contribution in [0.3, 0.4) is 0 Å². The van der Waals surface area contributed by atoms with Crippen LogP contribution in [0.5, 0.6) is 0 Å². The van der Waals surface area contributed by atoms with Gasteiger partial charge in [-0.25, -0.2) is 0 Å². The van der Waals surface area contributed by atoms with Crippen LogP contribution in [0.25, 0.3) is 0 Å². The first kappa shape index (κ1) is 58.2. The number of carbonyl (C=O) groups excluding carboxylic acids is 11. The molecule has 0 aromatic heterocycles. The summed E-state index contributed by atoms with van der Waals surface area (Å²) >= 11 is 0. The third-order valence-electron chi connectivity index (χ3n) is 14.1. The molecule has 0 aromatic rings. The zero-order valence-corrected chi connectivity index (χ0v) is 43.3. The maximum atomic E-state index is 13.7. The monoisotopic (exact) mass is 936 g/mol. The summed E-state index contributed by atoms with van der Waals surface area (Å²) in [6.45, 7) is 16.1. The minimum absolute atomic E-state index is 0.618. The van der Waals surface area contributed by atoms with Crippen molar-refractivity contribution in [2.45, 2.75) is 143 Å². The second kappa shape index (κ2) is 23.1. The predicted molar refractivity (Wildman–Crippen MR) is 245 cm³/mol. The number of amides is 11. The molecule has 1 heterocycles. The molecule has 11 amide bonds. The predicted octanol–water partition coefficient (Wildman–Crippen LogP) is -1.68. The van der Waals surface area contributed by atoms with E-state index >= 15 is 0 Å². The number of hydrogen-bond donors (Lipinski definition) is 0. The molecule has 0 N–H and O–H groups in total. The van der Waals surface area contributed by atoms with Crippen LogP contribution in [0.4, 0.5) is 0 Å². The van der Waals surface area contributed by atoms with E-state index in [0.29, 0.717) is 0 Å². The third kappa shape index (κ3) is 11.9. The van der Waals surface area contributed by atoms with Crippen molar-refractivity contribution in [1.82, 2.24) is 53.9 Å². The second-order valence-corrected chi connectivity index (χ2v) is 17.9. The Balaban J connectivity index is 3.73. The van der Waals surface area contributed by atoms with E-state index in [2.05, 4.69) is 0 Å². The number of rotatable bonds is 0. The summed E-state index contributed by atoms with van der Waals surface area (Å²) in [6, 6.07) is -12.3. The molecular formula is C44H77N11O11. The van der Waals surface area contributed by atoms with Crippen molar-refractivity contribution < 1.29 is 52.7 Å². The largest absolute Gasteiger partial charge is 0.332 e. The maximum Gasteiger partial charge on any atom is 0.245 e. The molecule has 22 nitrogen and oxygen atoms in total. The van der Waals surface area contributed by atoms with Gasteiger partial charge in [0.25, 0.3) is 0 Å². The van der Waals surface area contributed by atoms with Gasteiger partial charge in [0.1, 0.15) is 66.5 Å². The summed E-state index contributed by atoms with van der Waals surface area (Å²) in [5.74, 6) is -6.80. The van der Waals surface area contributed by atoms with E-state index in [1.807, 2.05) is 0 Å². The van der Waals surface area contributed by atoms with E-state index in [-0.39, 0.29) is 0 Å². The molecule has 0 spiro atoms. The van der Waals surface area contributed by atoms with Crippen molar-refractivity contribution >= 4 is 65.0 Å². The summed E-state index contributed by atoms with van der Waals surface area (Å²) in [5.41, 5.74) is 0. The molecule has 66 heavy (non-hydrogen) atoms. The molecule has 1 rings (SSSR count). The highest BCUT2D eigenvalue weighted by Crippen LogP contribution is 2.18. The quantitative estimate of drug-likeness (QED) is 0.267. The molecule has 0 aromatic carbocycles.